The molecule has 0 aromatic rings. The van der Waals surface area contributed by atoms with Gasteiger partial charge in [0.15, 0.2) is 0 Å². The molecule has 0 aromatic carbocycles. The fourth-order valence-corrected chi connectivity index (χ4v) is 0. The Bertz CT molecular complexity index is 121. The van der Waals surface area contributed by atoms with E-state index in [1.807, 2.05) is 0 Å². The third-order valence-electron chi connectivity index (χ3n) is 0.365. The molecule has 0 spiro atoms. The fourth-order valence-electron chi connectivity index (χ4n) is 0. The van der Waals surface area contributed by atoms with Crippen molar-refractivity contribution in [3.05, 3.63) is 0 Å². The molecule has 0 rings (SSSR count). The molecular weight excluding hydrogens is 153 g/mol. The van der Waals surface area contributed by atoms with Crippen LogP contribution in [0.5, 0.6) is 0 Å². The molecule has 0 atom stereocenters. The second kappa shape index (κ2) is 8.87. The first kappa shape index (κ1) is 16.5. The zero-order valence-corrected chi connectivity index (χ0v) is 5.77. The second-order valence-corrected chi connectivity index (χ2v) is 2.61. The first-order valence-electron chi connectivity index (χ1n) is 2.09. The van der Waals surface area contributed by atoms with Gasteiger partial charge in [-0.15, -0.1) is 0 Å². The summed E-state index contributed by atoms with van der Waals surface area (Å²) in [5.41, 5.74) is 4.50. The van der Waals surface area contributed by atoms with E-state index in [-0.39, 0.29) is 35.3 Å². The van der Waals surface area contributed by atoms with E-state index in [1.165, 1.54) is 14.0 Å². The van der Waals surface area contributed by atoms with E-state index in [0.29, 0.717) is 0 Å². The van der Waals surface area contributed by atoms with Crippen LogP contribution in [0.1, 0.15) is 6.92 Å². The minimum atomic E-state index is -3.66. The maximum absolute atomic E-state index is 9.56. The Labute approximate surface area is 77.9 Å². The van der Waals surface area contributed by atoms with Crippen LogP contribution in [0.15, 0.2) is 0 Å². The second-order valence-electron chi connectivity index (χ2n) is 0.871. The maximum atomic E-state index is 9.56. The molecule has 0 amide bonds. The molecule has 0 saturated carbocycles. The number of hydrogen-bond acceptors (Lipinski definition) is 3. The molecule has 4 nitrogen and oxygen atoms in total. The molecule has 0 aliphatic carbocycles. The predicted molar refractivity (Wildman–Crippen MR) is 39.4 cm³/mol. The van der Waals surface area contributed by atoms with Gasteiger partial charge in [0, 0.05) is 0 Å². The molecule has 0 unspecified atom stereocenters. The van der Waals surface area contributed by atoms with Crippen molar-refractivity contribution in [2.24, 2.45) is 5.73 Å². The molecule has 54 valence electrons. The van der Waals surface area contributed by atoms with Crippen LogP contribution >= 0.6 is 0 Å². The van der Waals surface area contributed by atoms with Crippen molar-refractivity contribution in [2.75, 3.05) is 12.8 Å². The van der Waals surface area contributed by atoms with Gasteiger partial charge in [-0.3, -0.25) is 4.55 Å². The third kappa shape index (κ3) is 28.0. The van der Waals surface area contributed by atoms with Gasteiger partial charge in [-0.05, 0) is 14.0 Å². The number of rotatable bonds is 1. The first-order valence-corrected chi connectivity index (χ1v) is 3.70. The summed E-state index contributed by atoms with van der Waals surface area (Å²) in [6, 6.07) is 0. The van der Waals surface area contributed by atoms with Gasteiger partial charge < -0.3 is 5.73 Å². The average molecular weight is 165 g/mol. The van der Waals surface area contributed by atoms with E-state index in [0.717, 1.165) is 0 Å². The predicted octanol–water partition coefficient (Wildman–Crippen LogP) is -1.18. The molecule has 0 aromatic heterocycles. The van der Waals surface area contributed by atoms with Crippen molar-refractivity contribution in [2.45, 2.75) is 6.92 Å². The normalized spacial score (nSPS) is 8.44. The fraction of sp³-hybridized carbons (Fsp3) is 1.00. The van der Waals surface area contributed by atoms with Crippen molar-refractivity contribution in [3.8, 4) is 0 Å². The standard InChI is InChI=1S/C2H6O3S.CH5N.Na.H/c1-2-6(3,4)5;1-2;;/h2H2,1H3,(H,3,4,5);2H2,1H3;;. The quantitative estimate of drug-likeness (QED) is 0.378. The van der Waals surface area contributed by atoms with Crippen LogP contribution in [-0.4, -0.2) is 55.3 Å². The number of hydrogen-bond donors (Lipinski definition) is 2. The Hall–Kier alpha value is 0.870. The van der Waals surface area contributed by atoms with Gasteiger partial charge in [0.2, 0.25) is 0 Å². The zero-order chi connectivity index (χ0) is 7.21. The van der Waals surface area contributed by atoms with E-state index < -0.39 is 10.1 Å². The summed E-state index contributed by atoms with van der Waals surface area (Å²) in [5.74, 6) is -0.201. The van der Waals surface area contributed by atoms with E-state index >= 15 is 0 Å². The van der Waals surface area contributed by atoms with Crippen molar-refractivity contribution >= 4 is 39.7 Å². The summed E-state index contributed by atoms with van der Waals surface area (Å²) < 4.78 is 26.9. The molecule has 0 saturated heterocycles. The van der Waals surface area contributed by atoms with E-state index in [1.54, 1.807) is 0 Å². The monoisotopic (exact) mass is 165 g/mol. The molecule has 0 heterocycles. The summed E-state index contributed by atoms with van der Waals surface area (Å²) in [4.78, 5) is 0. The van der Waals surface area contributed by atoms with Gasteiger partial charge in [-0.25, -0.2) is 0 Å². The van der Waals surface area contributed by atoms with Crippen LogP contribution in [0.25, 0.3) is 0 Å². The van der Waals surface area contributed by atoms with E-state index in [9.17, 15) is 8.42 Å². The Balaban J connectivity index is -0.000000109. The molecular formula is C3H12NNaO3S. The average Bonchev–Trinajstić information content (AvgIpc) is 1.71. The van der Waals surface area contributed by atoms with Crippen molar-refractivity contribution in [3.63, 3.8) is 0 Å². The summed E-state index contributed by atoms with van der Waals surface area (Å²) in [6.45, 7) is 1.37. The van der Waals surface area contributed by atoms with Crippen LogP contribution < -0.4 is 5.73 Å². The van der Waals surface area contributed by atoms with Gasteiger partial charge >= 0.3 is 29.6 Å². The van der Waals surface area contributed by atoms with Gasteiger partial charge in [0.1, 0.15) is 0 Å². The molecule has 0 radical (unpaired) electrons. The Morgan fingerprint density at radius 1 is 1.44 bits per heavy atom. The first-order chi connectivity index (χ1) is 3.56. The molecule has 0 aliphatic heterocycles. The Morgan fingerprint density at radius 2 is 1.56 bits per heavy atom. The summed E-state index contributed by atoms with van der Waals surface area (Å²) in [7, 11) is -2.16. The number of nitrogens with two attached hydrogens (primary N) is 1. The summed E-state index contributed by atoms with van der Waals surface area (Å²) in [6.07, 6.45) is 0. The zero-order valence-electron chi connectivity index (χ0n) is 4.96. The Kier molecular flexibility index (Phi) is 16.2. The summed E-state index contributed by atoms with van der Waals surface area (Å²) in [5, 5.41) is 0. The molecule has 3 N–H and O–H groups in total. The van der Waals surface area contributed by atoms with Crippen molar-refractivity contribution in [1.82, 2.24) is 0 Å². The van der Waals surface area contributed by atoms with E-state index in [4.69, 9.17) is 4.55 Å². The van der Waals surface area contributed by atoms with Crippen LogP contribution in [0, 0.1) is 0 Å². The molecule has 6 heteroatoms. The van der Waals surface area contributed by atoms with Crippen molar-refractivity contribution in [1.29, 1.82) is 0 Å². The van der Waals surface area contributed by atoms with E-state index in [2.05, 4.69) is 5.73 Å². The Morgan fingerprint density at radius 3 is 1.56 bits per heavy atom. The third-order valence-corrected chi connectivity index (χ3v) is 1.09. The molecule has 9 heavy (non-hydrogen) atoms. The van der Waals surface area contributed by atoms with Gasteiger partial charge in [-0.2, -0.15) is 8.42 Å². The van der Waals surface area contributed by atoms with Crippen LogP contribution in [-0.2, 0) is 10.1 Å². The minimum absolute atomic E-state index is 0. The summed E-state index contributed by atoms with van der Waals surface area (Å²) >= 11 is 0. The SMILES string of the molecule is CCS(=O)(=O)O.CN.[NaH]. The van der Waals surface area contributed by atoms with Crippen LogP contribution in [0.3, 0.4) is 0 Å². The van der Waals surface area contributed by atoms with Gasteiger partial charge in [-0.1, -0.05) is 0 Å². The van der Waals surface area contributed by atoms with Gasteiger partial charge in [0.25, 0.3) is 10.1 Å². The topological polar surface area (TPSA) is 80.4 Å². The van der Waals surface area contributed by atoms with Crippen LogP contribution in [0.2, 0.25) is 0 Å². The molecule has 0 fully saturated rings. The van der Waals surface area contributed by atoms with Gasteiger partial charge in [0.05, 0.1) is 5.75 Å². The van der Waals surface area contributed by atoms with Crippen molar-refractivity contribution < 1.29 is 13.0 Å². The molecule has 0 aliphatic rings. The molecule has 0 bridgehead atoms. The van der Waals surface area contributed by atoms with Crippen LogP contribution in [0.4, 0.5) is 0 Å².